The Morgan fingerprint density at radius 2 is 2.06 bits per heavy atom. The molecule has 8 heteroatoms. The van der Waals surface area contributed by atoms with Crippen molar-refractivity contribution in [2.24, 2.45) is 5.73 Å². The molecule has 0 aliphatic heterocycles. The van der Waals surface area contributed by atoms with Gasteiger partial charge in [-0.2, -0.15) is 19.8 Å². The number of nitrogens with two attached hydrogens (primary N) is 1. The third kappa shape index (κ3) is 1.77. The molecule has 18 heavy (non-hydrogen) atoms. The standard InChI is InChI=1S/C10H8F2N4O2/c1-18-5-3-2-4(6(11)7(5)12)8-9(10(13)17)15-16-14-8/h2-3H,1H3,(H2,13,17)(H,14,15,16). The molecule has 6 nitrogen and oxygen atoms in total. The number of carbonyl (C=O) groups is 1. The van der Waals surface area contributed by atoms with Crippen LogP contribution in [-0.4, -0.2) is 28.4 Å². The molecule has 1 amide bonds. The van der Waals surface area contributed by atoms with E-state index in [0.717, 1.165) is 0 Å². The minimum atomic E-state index is -1.19. The molecule has 1 aromatic carbocycles. The number of aromatic nitrogens is 3. The fourth-order valence-corrected chi connectivity index (χ4v) is 1.46. The van der Waals surface area contributed by atoms with Gasteiger partial charge in [0.2, 0.25) is 5.82 Å². The van der Waals surface area contributed by atoms with Crippen molar-refractivity contribution in [3.05, 3.63) is 29.5 Å². The number of H-pyrrole nitrogens is 1. The van der Waals surface area contributed by atoms with E-state index in [9.17, 15) is 13.6 Å². The quantitative estimate of drug-likeness (QED) is 0.849. The Labute approximate surface area is 99.7 Å². The summed E-state index contributed by atoms with van der Waals surface area (Å²) in [5.41, 5.74) is 4.40. The van der Waals surface area contributed by atoms with Gasteiger partial charge in [-0.3, -0.25) is 4.79 Å². The second-order valence-corrected chi connectivity index (χ2v) is 3.33. The highest BCUT2D eigenvalue weighted by Crippen LogP contribution is 2.29. The summed E-state index contributed by atoms with van der Waals surface area (Å²) in [7, 11) is 1.21. The normalized spacial score (nSPS) is 10.4. The van der Waals surface area contributed by atoms with E-state index >= 15 is 0 Å². The number of carbonyl (C=O) groups excluding carboxylic acids is 1. The van der Waals surface area contributed by atoms with Crippen LogP contribution in [0.2, 0.25) is 0 Å². The first-order chi connectivity index (χ1) is 8.56. The molecule has 1 heterocycles. The summed E-state index contributed by atoms with van der Waals surface area (Å²) in [5, 5.41) is 9.19. The predicted octanol–water partition coefficient (Wildman–Crippen LogP) is 0.857. The number of hydrogen-bond acceptors (Lipinski definition) is 4. The molecule has 0 aliphatic carbocycles. The zero-order valence-corrected chi connectivity index (χ0v) is 9.20. The molecule has 1 aromatic heterocycles. The zero-order chi connectivity index (χ0) is 13.3. The lowest BCUT2D eigenvalue weighted by molar-refractivity contribution is 0.0996. The predicted molar refractivity (Wildman–Crippen MR) is 56.8 cm³/mol. The maximum Gasteiger partial charge on any atom is 0.271 e. The topological polar surface area (TPSA) is 93.9 Å². The first-order valence-corrected chi connectivity index (χ1v) is 4.79. The Bertz CT molecular complexity index is 612. The Balaban J connectivity index is 2.62. The lowest BCUT2D eigenvalue weighted by Crippen LogP contribution is -2.13. The van der Waals surface area contributed by atoms with E-state index in [1.54, 1.807) is 0 Å². The highest BCUT2D eigenvalue weighted by Gasteiger charge is 2.22. The minimum absolute atomic E-state index is 0.151. The van der Waals surface area contributed by atoms with Crippen LogP contribution < -0.4 is 10.5 Å². The number of primary amides is 1. The summed E-state index contributed by atoms with van der Waals surface area (Å²) in [6.07, 6.45) is 0. The highest BCUT2D eigenvalue weighted by molar-refractivity contribution is 5.96. The van der Waals surface area contributed by atoms with Crippen LogP contribution in [0.1, 0.15) is 10.5 Å². The van der Waals surface area contributed by atoms with Crippen LogP contribution in [0.25, 0.3) is 11.3 Å². The second kappa shape index (κ2) is 4.40. The maximum atomic E-state index is 13.8. The SMILES string of the molecule is COc1ccc(-c2n[nH]nc2C(N)=O)c(F)c1F. The van der Waals surface area contributed by atoms with E-state index < -0.39 is 17.5 Å². The van der Waals surface area contributed by atoms with Crippen molar-refractivity contribution in [2.75, 3.05) is 7.11 Å². The van der Waals surface area contributed by atoms with Gasteiger partial charge in [0, 0.05) is 5.56 Å². The summed E-state index contributed by atoms with van der Waals surface area (Å²) in [6.45, 7) is 0. The molecule has 0 atom stereocenters. The van der Waals surface area contributed by atoms with Crippen LogP contribution in [-0.2, 0) is 0 Å². The number of aromatic amines is 1. The van der Waals surface area contributed by atoms with E-state index in [4.69, 9.17) is 5.73 Å². The van der Waals surface area contributed by atoms with Crippen molar-refractivity contribution in [3.63, 3.8) is 0 Å². The van der Waals surface area contributed by atoms with Gasteiger partial charge in [0.1, 0.15) is 5.69 Å². The average molecular weight is 254 g/mol. The molecule has 2 rings (SSSR count). The van der Waals surface area contributed by atoms with Crippen molar-refractivity contribution in [1.29, 1.82) is 0 Å². The van der Waals surface area contributed by atoms with Gasteiger partial charge in [-0.1, -0.05) is 0 Å². The lowest BCUT2D eigenvalue weighted by Gasteiger charge is -2.05. The van der Waals surface area contributed by atoms with Gasteiger partial charge in [0.05, 0.1) is 7.11 Å². The van der Waals surface area contributed by atoms with Crippen molar-refractivity contribution in [2.45, 2.75) is 0 Å². The van der Waals surface area contributed by atoms with Gasteiger partial charge >= 0.3 is 0 Å². The molecule has 0 radical (unpaired) electrons. The monoisotopic (exact) mass is 254 g/mol. The van der Waals surface area contributed by atoms with Gasteiger partial charge in [0.25, 0.3) is 5.91 Å². The smallest absolute Gasteiger partial charge is 0.271 e. The lowest BCUT2D eigenvalue weighted by atomic mass is 10.1. The zero-order valence-electron chi connectivity index (χ0n) is 9.20. The molecule has 0 fully saturated rings. The number of hydrogen-bond donors (Lipinski definition) is 2. The largest absolute Gasteiger partial charge is 0.494 e. The average Bonchev–Trinajstić information content (AvgIpc) is 2.81. The van der Waals surface area contributed by atoms with E-state index in [1.165, 1.54) is 19.2 Å². The number of halogens is 2. The van der Waals surface area contributed by atoms with Gasteiger partial charge in [-0.05, 0) is 12.1 Å². The summed E-state index contributed by atoms with van der Waals surface area (Å²) in [6, 6.07) is 2.44. The van der Waals surface area contributed by atoms with Crippen LogP contribution in [0.5, 0.6) is 5.75 Å². The molecule has 0 spiro atoms. The van der Waals surface area contributed by atoms with Gasteiger partial charge in [-0.25, -0.2) is 4.39 Å². The van der Waals surface area contributed by atoms with Crippen molar-refractivity contribution in [1.82, 2.24) is 15.4 Å². The fourth-order valence-electron chi connectivity index (χ4n) is 1.46. The molecular weight excluding hydrogens is 246 g/mol. The second-order valence-electron chi connectivity index (χ2n) is 3.33. The molecule has 3 N–H and O–H groups in total. The molecule has 2 aromatic rings. The Hall–Kier alpha value is -2.51. The van der Waals surface area contributed by atoms with Crippen molar-refractivity contribution in [3.8, 4) is 17.0 Å². The highest BCUT2D eigenvalue weighted by atomic mass is 19.2. The molecular formula is C10H8F2N4O2. The number of rotatable bonds is 3. The number of methoxy groups -OCH3 is 1. The fraction of sp³-hybridized carbons (Fsp3) is 0.100. The molecule has 94 valence electrons. The van der Waals surface area contributed by atoms with E-state index in [1.807, 2.05) is 0 Å². The van der Waals surface area contributed by atoms with Crippen LogP contribution in [0, 0.1) is 11.6 Å². The summed E-state index contributed by atoms with van der Waals surface area (Å²) < 4.78 is 31.9. The van der Waals surface area contributed by atoms with Crippen LogP contribution in [0.3, 0.4) is 0 Å². The van der Waals surface area contributed by atoms with Gasteiger partial charge in [0.15, 0.2) is 17.3 Å². The van der Waals surface area contributed by atoms with Crippen molar-refractivity contribution >= 4 is 5.91 Å². The number of nitrogens with zero attached hydrogens (tertiary/aromatic N) is 2. The molecule has 0 unspecified atom stereocenters. The molecule has 0 saturated heterocycles. The van der Waals surface area contributed by atoms with E-state index in [2.05, 4.69) is 20.1 Å². The first-order valence-electron chi connectivity index (χ1n) is 4.79. The number of nitrogens with one attached hydrogen (secondary N) is 1. The van der Waals surface area contributed by atoms with Crippen LogP contribution >= 0.6 is 0 Å². The number of benzene rings is 1. The Morgan fingerprint density at radius 1 is 1.33 bits per heavy atom. The first kappa shape index (κ1) is 12.0. The van der Waals surface area contributed by atoms with Gasteiger partial charge < -0.3 is 10.5 Å². The molecule has 0 saturated carbocycles. The summed E-state index contributed by atoms with van der Waals surface area (Å²) >= 11 is 0. The summed E-state index contributed by atoms with van der Waals surface area (Å²) in [5.74, 6) is -3.51. The van der Waals surface area contributed by atoms with Crippen LogP contribution in [0.15, 0.2) is 12.1 Å². The molecule has 0 bridgehead atoms. The third-order valence-electron chi connectivity index (χ3n) is 2.30. The van der Waals surface area contributed by atoms with Crippen LogP contribution in [0.4, 0.5) is 8.78 Å². The summed E-state index contributed by atoms with van der Waals surface area (Å²) in [4.78, 5) is 11.0. The third-order valence-corrected chi connectivity index (χ3v) is 2.30. The van der Waals surface area contributed by atoms with E-state index in [-0.39, 0.29) is 22.7 Å². The Kier molecular flexibility index (Phi) is 2.92. The maximum absolute atomic E-state index is 13.8. The van der Waals surface area contributed by atoms with E-state index in [0.29, 0.717) is 0 Å². The van der Waals surface area contributed by atoms with Crippen molar-refractivity contribution < 1.29 is 18.3 Å². The number of ether oxygens (including phenoxy) is 1. The Morgan fingerprint density at radius 3 is 2.67 bits per heavy atom. The van der Waals surface area contributed by atoms with Gasteiger partial charge in [-0.15, -0.1) is 0 Å². The molecule has 0 aliphatic rings. The number of amides is 1. The minimum Gasteiger partial charge on any atom is -0.494 e.